The van der Waals surface area contributed by atoms with Crippen LogP contribution in [-0.2, 0) is 13.5 Å². The van der Waals surface area contributed by atoms with Crippen LogP contribution in [0.25, 0.3) is 33.3 Å². The first kappa shape index (κ1) is 23.4. The van der Waals surface area contributed by atoms with Crippen LogP contribution in [0.4, 0.5) is 0 Å². The molecule has 0 saturated heterocycles. The predicted molar refractivity (Wildman–Crippen MR) is 152 cm³/mol. The molecule has 0 aliphatic carbocycles. The summed E-state index contributed by atoms with van der Waals surface area (Å²) >= 11 is 0. The second-order valence-electron chi connectivity index (χ2n) is 10.3. The van der Waals surface area contributed by atoms with Gasteiger partial charge in [0.25, 0.3) is 0 Å². The molecule has 3 aromatic carbocycles. The molecule has 3 heterocycles. The molecule has 0 saturated carbocycles. The van der Waals surface area contributed by atoms with Crippen molar-refractivity contribution in [3.05, 3.63) is 133 Å². The summed E-state index contributed by atoms with van der Waals surface area (Å²) < 4.78 is 4.78. The maximum atomic E-state index is 4.15. The lowest BCUT2D eigenvalue weighted by atomic mass is 9.77. The Morgan fingerprint density at radius 1 is 0.838 bits per heavy atom. The number of hydrogen-bond acceptors (Lipinski definition) is 0. The van der Waals surface area contributed by atoms with Gasteiger partial charge in [-0.15, -0.1) is 6.58 Å². The second-order valence-corrected chi connectivity index (χ2v) is 10.3. The van der Waals surface area contributed by atoms with E-state index in [0.29, 0.717) is 12.0 Å². The van der Waals surface area contributed by atoms with Crippen molar-refractivity contribution in [1.29, 1.82) is 0 Å². The van der Waals surface area contributed by atoms with Crippen molar-refractivity contribution in [1.82, 2.24) is 0 Å². The molecule has 1 aliphatic rings. The summed E-state index contributed by atoms with van der Waals surface area (Å²) in [5, 5.41) is 2.61. The molecule has 2 heteroatoms. The van der Waals surface area contributed by atoms with Gasteiger partial charge in [0.05, 0.1) is 10.9 Å². The molecule has 0 N–H and O–H groups in total. The highest BCUT2D eigenvalue weighted by Gasteiger charge is 2.39. The van der Waals surface area contributed by atoms with E-state index in [1.807, 2.05) is 0 Å². The largest absolute Gasteiger partial charge is 0.220 e. The summed E-state index contributed by atoms with van der Waals surface area (Å²) in [4.78, 5) is 0. The van der Waals surface area contributed by atoms with Crippen LogP contribution in [-0.4, -0.2) is 0 Å². The molecule has 0 radical (unpaired) electrons. The van der Waals surface area contributed by atoms with E-state index in [2.05, 4.69) is 139 Å². The van der Waals surface area contributed by atoms with Gasteiger partial charge in [0.15, 0.2) is 18.4 Å². The Balaban J connectivity index is 1.42. The van der Waals surface area contributed by atoms with Gasteiger partial charge >= 0.3 is 0 Å². The lowest BCUT2D eigenvalue weighted by molar-refractivity contribution is -0.716. The smallest absolute Gasteiger partial charge is 0.201 e. The fourth-order valence-corrected chi connectivity index (χ4v) is 6.35. The fourth-order valence-electron chi connectivity index (χ4n) is 6.35. The molecule has 6 rings (SSSR count). The average Bonchev–Trinajstić information content (AvgIpc) is 2.93. The van der Waals surface area contributed by atoms with Crippen molar-refractivity contribution >= 4 is 10.8 Å². The summed E-state index contributed by atoms with van der Waals surface area (Å²) in [6.45, 7) is 6.30. The molecule has 0 amide bonds. The third kappa shape index (κ3) is 4.17. The second kappa shape index (κ2) is 9.78. The minimum Gasteiger partial charge on any atom is -0.201 e. The van der Waals surface area contributed by atoms with E-state index in [-0.39, 0.29) is 0 Å². The molecule has 1 aliphatic heterocycles. The highest BCUT2D eigenvalue weighted by atomic mass is 15.0. The summed E-state index contributed by atoms with van der Waals surface area (Å²) in [6, 6.07) is 33.8. The molecule has 2 unspecified atom stereocenters. The maximum Gasteiger partial charge on any atom is 0.220 e. The number of allylic oxidation sites excluding steroid dienone is 1. The van der Waals surface area contributed by atoms with Crippen molar-refractivity contribution in [3.63, 3.8) is 0 Å². The molecule has 37 heavy (non-hydrogen) atoms. The Morgan fingerprint density at radius 3 is 2.43 bits per heavy atom. The molecule has 2 aromatic heterocycles. The average molecular weight is 483 g/mol. The maximum absolute atomic E-state index is 4.15. The Kier molecular flexibility index (Phi) is 6.18. The Bertz CT molecular complexity index is 1610. The number of aryl methyl sites for hydroxylation is 3. The monoisotopic (exact) mass is 482 g/mol. The number of rotatable bonds is 6. The van der Waals surface area contributed by atoms with Crippen molar-refractivity contribution in [2.45, 2.75) is 38.1 Å². The third-order valence-corrected chi connectivity index (χ3v) is 8.03. The Morgan fingerprint density at radius 2 is 1.59 bits per heavy atom. The van der Waals surface area contributed by atoms with Gasteiger partial charge in [0.2, 0.25) is 11.4 Å². The molecular formula is C35H34N2+2. The van der Waals surface area contributed by atoms with Crippen LogP contribution < -0.4 is 9.13 Å². The quantitative estimate of drug-likeness (QED) is 0.175. The van der Waals surface area contributed by atoms with E-state index in [1.54, 1.807) is 0 Å². The number of pyridine rings is 2. The predicted octanol–water partition coefficient (Wildman–Crippen LogP) is 7.44. The van der Waals surface area contributed by atoms with E-state index >= 15 is 0 Å². The lowest BCUT2D eigenvalue weighted by Gasteiger charge is -2.31. The highest BCUT2D eigenvalue weighted by molar-refractivity contribution is 5.94. The van der Waals surface area contributed by atoms with Gasteiger partial charge in [0.1, 0.15) is 7.05 Å². The fraction of sp³-hybridized carbons (Fsp3) is 0.200. The normalized spacial score (nSPS) is 16.3. The van der Waals surface area contributed by atoms with Gasteiger partial charge in [0, 0.05) is 35.6 Å². The summed E-state index contributed by atoms with van der Waals surface area (Å²) in [7, 11) is 2.15. The zero-order valence-corrected chi connectivity index (χ0v) is 21.8. The van der Waals surface area contributed by atoms with E-state index in [1.165, 1.54) is 50.0 Å². The molecule has 0 bridgehead atoms. The van der Waals surface area contributed by atoms with Gasteiger partial charge in [-0.1, -0.05) is 60.7 Å². The molecule has 182 valence electrons. The number of fused-ring (bicyclic) bond motifs is 5. The first-order valence-electron chi connectivity index (χ1n) is 13.3. The first-order valence-corrected chi connectivity index (χ1v) is 13.3. The Labute approximate surface area is 220 Å². The van der Waals surface area contributed by atoms with Gasteiger partial charge in [-0.25, -0.2) is 4.57 Å². The molecular weight excluding hydrogens is 448 g/mol. The van der Waals surface area contributed by atoms with Crippen molar-refractivity contribution in [2.75, 3.05) is 0 Å². The lowest BCUT2D eigenvalue weighted by Crippen LogP contribution is -2.47. The minimum absolute atomic E-state index is 0.342. The van der Waals surface area contributed by atoms with Crippen molar-refractivity contribution in [2.24, 2.45) is 7.05 Å². The van der Waals surface area contributed by atoms with Crippen LogP contribution in [0, 0.1) is 6.92 Å². The first-order chi connectivity index (χ1) is 18.2. The number of aromatic nitrogens is 2. The third-order valence-electron chi connectivity index (χ3n) is 8.03. The summed E-state index contributed by atoms with van der Waals surface area (Å²) in [6.07, 6.45) is 9.67. The number of nitrogens with zero attached hydrogens (tertiary/aromatic N) is 2. The van der Waals surface area contributed by atoms with Crippen molar-refractivity contribution < 1.29 is 9.13 Å². The molecule has 0 fully saturated rings. The van der Waals surface area contributed by atoms with E-state index in [4.69, 9.17) is 0 Å². The van der Waals surface area contributed by atoms with Gasteiger partial charge in [-0.05, 0) is 60.5 Å². The van der Waals surface area contributed by atoms with Crippen LogP contribution in [0.3, 0.4) is 0 Å². The zero-order chi connectivity index (χ0) is 25.4. The van der Waals surface area contributed by atoms with E-state index < -0.39 is 0 Å². The van der Waals surface area contributed by atoms with Gasteiger partial charge in [-0.3, -0.25) is 0 Å². The highest BCUT2D eigenvalue weighted by Crippen LogP contribution is 2.44. The van der Waals surface area contributed by atoms with Crippen LogP contribution in [0.2, 0.25) is 0 Å². The van der Waals surface area contributed by atoms with Crippen LogP contribution in [0.15, 0.2) is 116 Å². The van der Waals surface area contributed by atoms with Crippen LogP contribution in [0.1, 0.15) is 41.5 Å². The summed E-state index contributed by atoms with van der Waals surface area (Å²) in [5.74, 6) is 0.410. The van der Waals surface area contributed by atoms with Gasteiger partial charge in [-0.2, -0.15) is 4.57 Å². The number of benzene rings is 3. The van der Waals surface area contributed by atoms with Gasteiger partial charge < -0.3 is 0 Å². The molecule has 2 nitrogen and oxygen atoms in total. The molecule has 2 atom stereocenters. The number of hydrogen-bond donors (Lipinski definition) is 0. The zero-order valence-electron chi connectivity index (χ0n) is 21.8. The standard InChI is InChI=1S/C35H34N2/c1-4-11-34-31(20-19-26-12-5-7-14-28(26)33-21-18-25(2)24-36(33)3)30-16-9-10-17-32(30)35-29-15-8-6-13-27(29)22-23-37(34)35/h4-10,12-18,21-24,31,34H,1,11,19-20H2,2-3H3/q+2. The SMILES string of the molecule is C=CCC1C(CCc2ccccc2-c2ccc(C)c[n+]2C)c2ccccc2-c2c3ccccc3cc[n+]21. The minimum atomic E-state index is 0.342. The van der Waals surface area contributed by atoms with Crippen LogP contribution >= 0.6 is 0 Å². The Hall–Kier alpha value is -4.04. The van der Waals surface area contributed by atoms with E-state index in [0.717, 1.165) is 19.3 Å². The molecule has 0 spiro atoms. The summed E-state index contributed by atoms with van der Waals surface area (Å²) in [5.41, 5.74) is 9.44. The van der Waals surface area contributed by atoms with Crippen molar-refractivity contribution in [3.8, 4) is 22.5 Å². The topological polar surface area (TPSA) is 7.76 Å². The van der Waals surface area contributed by atoms with Crippen LogP contribution in [0.5, 0.6) is 0 Å². The molecule has 5 aromatic rings. The van der Waals surface area contributed by atoms with E-state index in [9.17, 15) is 0 Å².